The van der Waals surface area contributed by atoms with Gasteiger partial charge in [0.2, 0.25) is 10.9 Å². The number of nitroso groups, excluding NO2 is 1. The highest BCUT2D eigenvalue weighted by molar-refractivity contribution is 8.14. The Balaban J connectivity index is 2.24. The average molecular weight is 557 g/mol. The molecule has 0 heterocycles. The lowest BCUT2D eigenvalue weighted by Gasteiger charge is -2.22. The monoisotopic (exact) mass is 556 g/mol. The van der Waals surface area contributed by atoms with Crippen LogP contribution in [0, 0.1) is 4.91 Å². The number of ether oxygens (including phenoxy) is 5. The molecule has 0 aliphatic carbocycles. The van der Waals surface area contributed by atoms with Crippen molar-refractivity contribution in [2.24, 2.45) is 5.18 Å². The van der Waals surface area contributed by atoms with Gasteiger partial charge in [0, 0.05) is 16.4 Å². The molecule has 0 aliphatic heterocycles. The molecule has 10 nitrogen and oxygen atoms in total. The molecule has 11 heteroatoms. The van der Waals surface area contributed by atoms with E-state index in [0.29, 0.717) is 62.8 Å². The van der Waals surface area contributed by atoms with Crippen molar-refractivity contribution in [3.63, 3.8) is 0 Å². The number of anilines is 1. The lowest BCUT2D eigenvalue weighted by molar-refractivity contribution is 0.108. The zero-order valence-electron chi connectivity index (χ0n) is 22.9. The van der Waals surface area contributed by atoms with Gasteiger partial charge in [-0.1, -0.05) is 23.4 Å². The maximum atomic E-state index is 13.7. The minimum Gasteiger partial charge on any atom is -0.496 e. The number of nitrogens with one attached hydrogen (secondary N) is 1. The molecule has 0 saturated heterocycles. The van der Waals surface area contributed by atoms with Crippen LogP contribution in [0.3, 0.4) is 0 Å². The smallest absolute Gasteiger partial charge is 0.220 e. The van der Waals surface area contributed by atoms with Crippen LogP contribution in [0.1, 0.15) is 41.4 Å². The quantitative estimate of drug-likeness (QED) is 0.136. The molecule has 0 aromatic heterocycles. The van der Waals surface area contributed by atoms with Crippen molar-refractivity contribution in [2.45, 2.75) is 25.5 Å². The van der Waals surface area contributed by atoms with Crippen LogP contribution in [0.25, 0.3) is 10.8 Å². The number of fused-ring (bicyclic) bond motifs is 1. The van der Waals surface area contributed by atoms with E-state index in [1.807, 2.05) is 19.9 Å². The number of hydrogen-bond acceptors (Lipinski definition) is 11. The molecule has 0 fully saturated rings. The van der Waals surface area contributed by atoms with E-state index in [4.69, 9.17) is 23.7 Å². The third-order valence-electron chi connectivity index (χ3n) is 6.09. The first-order valence-electron chi connectivity index (χ1n) is 11.9. The van der Waals surface area contributed by atoms with Gasteiger partial charge in [0.1, 0.15) is 17.2 Å². The second-order valence-corrected chi connectivity index (χ2v) is 9.79. The van der Waals surface area contributed by atoms with Gasteiger partial charge in [-0.25, -0.2) is 0 Å². The van der Waals surface area contributed by atoms with Crippen LogP contribution in [0.5, 0.6) is 28.7 Å². The van der Waals surface area contributed by atoms with Crippen LogP contribution in [-0.2, 0) is 0 Å². The maximum absolute atomic E-state index is 13.7. The van der Waals surface area contributed by atoms with E-state index in [9.17, 15) is 14.9 Å². The summed E-state index contributed by atoms with van der Waals surface area (Å²) in [4.78, 5) is 25.4. The largest absolute Gasteiger partial charge is 0.496 e. The number of carbonyl (C=O) groups is 1. The van der Waals surface area contributed by atoms with E-state index in [1.165, 1.54) is 47.7 Å². The summed E-state index contributed by atoms with van der Waals surface area (Å²) < 4.78 is 27.7. The predicted molar refractivity (Wildman–Crippen MR) is 153 cm³/mol. The second kappa shape index (κ2) is 13.2. The standard InChI is InChI=1S/C28H32N2O8S/c1-15(2)8-11-23(39-28(31)16-12-21(35-4)27(38-7)22(13-16)36-5)17-14-20(34-3)24-18(29-32)9-10-19(30-33)25(24)26(17)37-6/h8-10,12-14,23,29,32H,11H2,1-7H3/t23-/m0/s1. The lowest BCUT2D eigenvalue weighted by Crippen LogP contribution is -2.06. The van der Waals surface area contributed by atoms with Crippen molar-refractivity contribution in [1.82, 2.24) is 0 Å². The number of hydrogen-bond donors (Lipinski definition) is 2. The van der Waals surface area contributed by atoms with E-state index in [0.717, 1.165) is 17.3 Å². The molecule has 0 amide bonds. The van der Waals surface area contributed by atoms with Crippen molar-refractivity contribution >= 4 is 39.0 Å². The predicted octanol–water partition coefficient (Wildman–Crippen LogP) is 7.05. The first-order chi connectivity index (χ1) is 18.8. The Morgan fingerprint density at radius 1 is 0.923 bits per heavy atom. The minimum atomic E-state index is -0.454. The summed E-state index contributed by atoms with van der Waals surface area (Å²) in [6, 6.07) is 7.93. The number of allylic oxidation sites excluding steroid dienone is 2. The number of benzene rings is 3. The highest BCUT2D eigenvalue weighted by atomic mass is 32.2. The van der Waals surface area contributed by atoms with Crippen LogP contribution in [0.2, 0.25) is 0 Å². The molecule has 2 N–H and O–H groups in total. The molecule has 0 radical (unpaired) electrons. The number of carbonyl (C=O) groups excluding carboxylic acids is 1. The van der Waals surface area contributed by atoms with Crippen molar-refractivity contribution < 1.29 is 33.7 Å². The topological polar surface area (TPSA) is 125 Å². The molecular weight excluding hydrogens is 524 g/mol. The SMILES string of the molecule is COc1cc(C(=O)S[C@@H](CC=C(C)C)c2cc(OC)c3c(NO)ccc(N=O)c3c2OC)cc(OC)c1OC. The van der Waals surface area contributed by atoms with Gasteiger partial charge in [0.05, 0.1) is 52.0 Å². The first-order valence-corrected chi connectivity index (χ1v) is 12.8. The molecule has 3 rings (SSSR count). The third-order valence-corrected chi connectivity index (χ3v) is 7.27. The van der Waals surface area contributed by atoms with Gasteiger partial charge >= 0.3 is 0 Å². The Hall–Kier alpha value is -3.96. The average Bonchev–Trinajstić information content (AvgIpc) is 2.96. The molecule has 0 unspecified atom stereocenters. The van der Waals surface area contributed by atoms with Gasteiger partial charge in [0.25, 0.3) is 0 Å². The Kier molecular flexibility index (Phi) is 10.0. The lowest BCUT2D eigenvalue weighted by atomic mass is 9.97. The van der Waals surface area contributed by atoms with E-state index >= 15 is 0 Å². The summed E-state index contributed by atoms with van der Waals surface area (Å²) in [6.07, 6.45) is 2.48. The van der Waals surface area contributed by atoms with Crippen LogP contribution >= 0.6 is 11.8 Å². The van der Waals surface area contributed by atoms with Crippen molar-refractivity contribution in [3.05, 3.63) is 58.0 Å². The summed E-state index contributed by atoms with van der Waals surface area (Å²) >= 11 is 1.08. The van der Waals surface area contributed by atoms with Crippen LogP contribution in [-0.4, -0.2) is 45.9 Å². The normalized spacial score (nSPS) is 11.4. The van der Waals surface area contributed by atoms with Crippen molar-refractivity contribution in [1.29, 1.82) is 0 Å². The molecule has 3 aromatic carbocycles. The zero-order valence-corrected chi connectivity index (χ0v) is 23.7. The van der Waals surface area contributed by atoms with Gasteiger partial charge in [-0.05, 0) is 55.8 Å². The summed E-state index contributed by atoms with van der Waals surface area (Å²) in [7, 11) is 7.41. The Bertz CT molecular complexity index is 1380. The molecule has 208 valence electrons. The van der Waals surface area contributed by atoms with Crippen molar-refractivity contribution in [3.8, 4) is 28.7 Å². The van der Waals surface area contributed by atoms with Crippen LogP contribution in [0.4, 0.5) is 11.4 Å². The van der Waals surface area contributed by atoms with Gasteiger partial charge in [-0.2, -0.15) is 0 Å². The molecule has 0 bridgehead atoms. The number of methoxy groups -OCH3 is 5. The van der Waals surface area contributed by atoms with Gasteiger partial charge in [0.15, 0.2) is 11.5 Å². The number of thioether (sulfide) groups is 1. The summed E-state index contributed by atoms with van der Waals surface area (Å²) in [5.74, 6) is 1.81. The molecule has 3 aromatic rings. The van der Waals surface area contributed by atoms with Gasteiger partial charge < -0.3 is 23.7 Å². The molecule has 39 heavy (non-hydrogen) atoms. The van der Waals surface area contributed by atoms with E-state index < -0.39 is 5.25 Å². The fourth-order valence-corrected chi connectivity index (χ4v) is 5.27. The molecular formula is C28H32N2O8S. The van der Waals surface area contributed by atoms with Crippen LogP contribution in [0.15, 0.2) is 47.2 Å². The minimum absolute atomic E-state index is 0.0999. The fraction of sp³-hybridized carbons (Fsp3) is 0.321. The second-order valence-electron chi connectivity index (χ2n) is 8.61. The third kappa shape index (κ3) is 6.04. The van der Waals surface area contributed by atoms with E-state index in [-0.39, 0.29) is 10.8 Å². The molecule has 0 aliphatic rings. The Labute approximate surface area is 231 Å². The highest BCUT2D eigenvalue weighted by Crippen LogP contribution is 2.51. The number of nitrogens with zero attached hydrogens (tertiary/aromatic N) is 1. The fourth-order valence-electron chi connectivity index (χ4n) is 4.27. The van der Waals surface area contributed by atoms with E-state index in [2.05, 4.69) is 10.7 Å². The van der Waals surface area contributed by atoms with Crippen LogP contribution < -0.4 is 29.2 Å². The zero-order chi connectivity index (χ0) is 28.7. The Morgan fingerprint density at radius 3 is 2.03 bits per heavy atom. The number of rotatable bonds is 12. The van der Waals surface area contributed by atoms with Crippen molar-refractivity contribution in [2.75, 3.05) is 41.0 Å². The highest BCUT2D eigenvalue weighted by Gasteiger charge is 2.28. The maximum Gasteiger partial charge on any atom is 0.220 e. The molecule has 0 saturated carbocycles. The van der Waals surface area contributed by atoms with E-state index in [1.54, 1.807) is 18.2 Å². The summed E-state index contributed by atoms with van der Waals surface area (Å²) in [5.41, 5.74) is 4.58. The molecule has 0 spiro atoms. The summed E-state index contributed by atoms with van der Waals surface area (Å²) in [5, 5.41) is 13.0. The summed E-state index contributed by atoms with van der Waals surface area (Å²) in [6.45, 7) is 3.93. The molecule has 1 atom stereocenters. The van der Waals surface area contributed by atoms with Gasteiger partial charge in [-0.15, -0.1) is 4.91 Å². The Morgan fingerprint density at radius 2 is 1.54 bits per heavy atom. The van der Waals surface area contributed by atoms with Gasteiger partial charge in [-0.3, -0.25) is 15.5 Å². The first kappa shape index (κ1) is 29.6.